The number of carboxylic acid groups (broad SMARTS) is 1. The molecule has 4 amide bonds. The maximum Gasteiger partial charge on any atom is 0.329 e. The summed E-state index contributed by atoms with van der Waals surface area (Å²) in [4.78, 5) is 50.3. The molecule has 2 aliphatic rings. The maximum absolute atomic E-state index is 12.9. The number of carbonyl (C=O) groups excluding carboxylic acids is 4. The smallest absolute Gasteiger partial charge is 0.329 e. The van der Waals surface area contributed by atoms with Crippen LogP contribution in [0.1, 0.15) is 12.0 Å². The summed E-state index contributed by atoms with van der Waals surface area (Å²) >= 11 is 0. The molecular formula is C17H18N3O6-. The second-order valence-corrected chi connectivity index (χ2v) is 6.25. The number of urea groups is 1. The summed E-state index contributed by atoms with van der Waals surface area (Å²) in [5, 5.41) is 13.1. The Labute approximate surface area is 149 Å². The van der Waals surface area contributed by atoms with Gasteiger partial charge in [0, 0.05) is 6.54 Å². The second-order valence-electron chi connectivity index (χ2n) is 6.25. The van der Waals surface area contributed by atoms with Crippen molar-refractivity contribution in [2.75, 3.05) is 24.7 Å². The number of anilines is 1. The zero-order valence-corrected chi connectivity index (χ0v) is 14.1. The van der Waals surface area contributed by atoms with E-state index in [1.165, 1.54) is 4.90 Å². The lowest BCUT2D eigenvalue weighted by Gasteiger charge is -2.36. The van der Waals surface area contributed by atoms with Gasteiger partial charge in [-0.3, -0.25) is 9.59 Å². The summed E-state index contributed by atoms with van der Waals surface area (Å²) in [6, 6.07) is 5.06. The average molecular weight is 360 g/mol. The third-order valence-corrected chi connectivity index (χ3v) is 4.44. The Morgan fingerprint density at radius 3 is 2.58 bits per heavy atom. The SMILES string of the molecule is Cc1ccc(N2C(=O)N[C@@H]3CCN(C(=O)COCC(=O)[O-])[C@@H]3C2=O)cc1. The number of carboxylic acids is 1. The van der Waals surface area contributed by atoms with E-state index in [1.807, 2.05) is 6.92 Å². The molecule has 0 unspecified atom stereocenters. The number of aliphatic carboxylic acids is 1. The van der Waals surface area contributed by atoms with Crippen molar-refractivity contribution >= 4 is 29.5 Å². The number of hydrogen-bond donors (Lipinski definition) is 1. The lowest BCUT2D eigenvalue weighted by molar-refractivity contribution is -0.309. The summed E-state index contributed by atoms with van der Waals surface area (Å²) < 4.78 is 4.76. The minimum absolute atomic E-state index is 0.274. The molecule has 2 aliphatic heterocycles. The molecule has 9 nitrogen and oxygen atoms in total. The van der Waals surface area contributed by atoms with Crippen molar-refractivity contribution in [3.05, 3.63) is 29.8 Å². The van der Waals surface area contributed by atoms with Crippen LogP contribution in [0.4, 0.5) is 10.5 Å². The molecule has 0 aromatic heterocycles. The summed E-state index contributed by atoms with van der Waals surface area (Å²) in [6.45, 7) is 0.995. The van der Waals surface area contributed by atoms with Crippen LogP contribution >= 0.6 is 0 Å². The van der Waals surface area contributed by atoms with Crippen molar-refractivity contribution in [1.82, 2.24) is 10.2 Å². The minimum atomic E-state index is -1.43. The number of likely N-dealkylation sites (tertiary alicyclic amines) is 1. The number of ether oxygens (including phenoxy) is 1. The fourth-order valence-electron chi connectivity index (χ4n) is 3.23. The van der Waals surface area contributed by atoms with E-state index in [0.717, 1.165) is 10.5 Å². The Hall–Kier alpha value is -2.94. The van der Waals surface area contributed by atoms with Crippen LogP contribution in [-0.2, 0) is 19.1 Å². The van der Waals surface area contributed by atoms with Crippen molar-refractivity contribution in [1.29, 1.82) is 0 Å². The standard InChI is InChI=1S/C17H19N3O6/c1-10-2-4-11(5-3-10)20-16(24)15-12(18-17(20)25)6-7-19(15)13(21)8-26-9-14(22)23/h2-5,12,15H,6-9H2,1H3,(H,18,25)(H,22,23)/p-1/t12-,15+/m1/s1. The van der Waals surface area contributed by atoms with Gasteiger partial charge in [-0.25, -0.2) is 9.69 Å². The molecule has 2 heterocycles. The van der Waals surface area contributed by atoms with Gasteiger partial charge in [-0.05, 0) is 25.5 Å². The zero-order valence-electron chi connectivity index (χ0n) is 14.1. The van der Waals surface area contributed by atoms with Crippen LogP contribution in [0.25, 0.3) is 0 Å². The predicted octanol–water partition coefficient (Wildman–Crippen LogP) is -1.21. The van der Waals surface area contributed by atoms with Crippen molar-refractivity contribution < 1.29 is 29.0 Å². The van der Waals surface area contributed by atoms with Gasteiger partial charge in [-0.15, -0.1) is 0 Å². The second kappa shape index (κ2) is 7.12. The molecule has 0 radical (unpaired) electrons. The molecule has 1 aromatic rings. The van der Waals surface area contributed by atoms with Crippen LogP contribution in [0.15, 0.2) is 24.3 Å². The van der Waals surface area contributed by atoms with Crippen LogP contribution in [0.3, 0.4) is 0 Å². The van der Waals surface area contributed by atoms with E-state index in [1.54, 1.807) is 24.3 Å². The van der Waals surface area contributed by atoms with Gasteiger partial charge < -0.3 is 24.9 Å². The average Bonchev–Trinajstić information content (AvgIpc) is 3.00. The van der Waals surface area contributed by atoms with Gasteiger partial charge in [0.15, 0.2) is 0 Å². The highest BCUT2D eigenvalue weighted by atomic mass is 16.5. The minimum Gasteiger partial charge on any atom is -0.548 e. The first-order valence-corrected chi connectivity index (χ1v) is 8.16. The van der Waals surface area contributed by atoms with Gasteiger partial charge in [-0.2, -0.15) is 0 Å². The van der Waals surface area contributed by atoms with E-state index in [9.17, 15) is 24.3 Å². The van der Waals surface area contributed by atoms with Crippen molar-refractivity contribution in [2.24, 2.45) is 0 Å². The number of aryl methyl sites for hydroxylation is 1. The molecule has 1 N–H and O–H groups in total. The van der Waals surface area contributed by atoms with Crippen LogP contribution < -0.4 is 15.3 Å². The Morgan fingerprint density at radius 1 is 1.23 bits per heavy atom. The topological polar surface area (TPSA) is 119 Å². The van der Waals surface area contributed by atoms with Crippen LogP contribution in [0.2, 0.25) is 0 Å². The third kappa shape index (κ3) is 3.38. The van der Waals surface area contributed by atoms with E-state index in [4.69, 9.17) is 4.74 Å². The summed E-state index contributed by atoms with van der Waals surface area (Å²) in [7, 11) is 0. The number of rotatable bonds is 5. The predicted molar refractivity (Wildman–Crippen MR) is 86.9 cm³/mol. The highest BCUT2D eigenvalue weighted by Crippen LogP contribution is 2.28. The van der Waals surface area contributed by atoms with Crippen molar-refractivity contribution in [3.8, 4) is 0 Å². The molecule has 9 heteroatoms. The molecule has 3 rings (SSSR count). The maximum atomic E-state index is 12.9. The fraction of sp³-hybridized carbons (Fsp3) is 0.412. The van der Waals surface area contributed by atoms with Gasteiger partial charge in [0.1, 0.15) is 12.6 Å². The first-order chi connectivity index (χ1) is 12.4. The van der Waals surface area contributed by atoms with E-state index < -0.39 is 49.1 Å². The molecule has 2 fully saturated rings. The Morgan fingerprint density at radius 2 is 1.92 bits per heavy atom. The number of hydrogen-bond acceptors (Lipinski definition) is 6. The normalized spacial score (nSPS) is 22.2. The fourth-order valence-corrected chi connectivity index (χ4v) is 3.23. The van der Waals surface area contributed by atoms with Gasteiger partial charge in [0.25, 0.3) is 5.91 Å². The number of nitrogens with zero attached hydrogens (tertiary/aromatic N) is 2. The number of benzene rings is 1. The van der Waals surface area contributed by atoms with Crippen molar-refractivity contribution in [2.45, 2.75) is 25.4 Å². The number of imide groups is 1. The molecule has 0 bridgehead atoms. The van der Waals surface area contributed by atoms with Crippen LogP contribution in [0, 0.1) is 6.92 Å². The molecule has 2 saturated heterocycles. The molecule has 1 aromatic carbocycles. The number of amides is 4. The Bertz CT molecular complexity index is 747. The molecule has 0 saturated carbocycles. The number of nitrogens with one attached hydrogen (secondary N) is 1. The largest absolute Gasteiger partial charge is 0.548 e. The summed E-state index contributed by atoms with van der Waals surface area (Å²) in [5.41, 5.74) is 1.41. The van der Waals surface area contributed by atoms with Gasteiger partial charge >= 0.3 is 6.03 Å². The molecular weight excluding hydrogens is 342 g/mol. The number of fused-ring (bicyclic) bond motifs is 1. The number of carbonyl (C=O) groups is 4. The van der Waals surface area contributed by atoms with E-state index >= 15 is 0 Å². The summed E-state index contributed by atoms with van der Waals surface area (Å²) in [5.74, 6) is -2.43. The molecule has 138 valence electrons. The quantitative estimate of drug-likeness (QED) is 0.704. The van der Waals surface area contributed by atoms with Gasteiger partial charge in [0.05, 0.1) is 24.3 Å². The molecule has 2 atom stereocenters. The Balaban J connectivity index is 1.77. The van der Waals surface area contributed by atoms with Crippen LogP contribution in [-0.4, -0.2) is 60.6 Å². The van der Waals surface area contributed by atoms with Crippen LogP contribution in [0.5, 0.6) is 0 Å². The first kappa shape index (κ1) is 17.9. The van der Waals surface area contributed by atoms with E-state index in [0.29, 0.717) is 12.1 Å². The van der Waals surface area contributed by atoms with Crippen molar-refractivity contribution in [3.63, 3.8) is 0 Å². The lowest BCUT2D eigenvalue weighted by atomic mass is 10.0. The van der Waals surface area contributed by atoms with E-state index in [2.05, 4.69) is 5.32 Å². The van der Waals surface area contributed by atoms with Gasteiger partial charge in [0.2, 0.25) is 5.91 Å². The highest BCUT2D eigenvalue weighted by Gasteiger charge is 2.49. The monoisotopic (exact) mass is 360 g/mol. The summed E-state index contributed by atoms with van der Waals surface area (Å²) in [6.07, 6.45) is 0.441. The Kier molecular flexibility index (Phi) is 4.90. The van der Waals surface area contributed by atoms with E-state index in [-0.39, 0.29) is 6.54 Å². The third-order valence-electron chi connectivity index (χ3n) is 4.44. The first-order valence-electron chi connectivity index (χ1n) is 8.16. The molecule has 0 aliphatic carbocycles. The lowest BCUT2D eigenvalue weighted by Crippen LogP contribution is -2.65. The van der Waals surface area contributed by atoms with Gasteiger partial charge in [-0.1, -0.05) is 17.7 Å². The highest BCUT2D eigenvalue weighted by molar-refractivity contribution is 6.19. The zero-order chi connectivity index (χ0) is 18.8. The molecule has 0 spiro atoms. The molecule has 26 heavy (non-hydrogen) atoms.